The van der Waals surface area contributed by atoms with E-state index in [1.807, 2.05) is 0 Å². The molecule has 1 aliphatic rings. The lowest BCUT2D eigenvalue weighted by Crippen LogP contribution is -2.37. The number of rotatable bonds is 7. The topological polar surface area (TPSA) is 24.5 Å². The number of nitrogens with one attached hydrogen (secondary N) is 1. The Morgan fingerprint density at radius 3 is 2.75 bits per heavy atom. The maximum atomic E-state index is 5.16. The van der Waals surface area contributed by atoms with Crippen molar-refractivity contribution in [2.75, 3.05) is 39.9 Å². The first-order valence-electron chi connectivity index (χ1n) is 6.67. The molecule has 0 amide bonds. The van der Waals surface area contributed by atoms with Gasteiger partial charge in [0.15, 0.2) is 0 Å². The molecule has 16 heavy (non-hydrogen) atoms. The van der Waals surface area contributed by atoms with Gasteiger partial charge in [-0.2, -0.15) is 0 Å². The molecule has 0 aromatic heterocycles. The average Bonchev–Trinajstić information content (AvgIpc) is 2.30. The molecule has 3 nitrogen and oxygen atoms in total. The Labute approximate surface area is 101 Å². The van der Waals surface area contributed by atoms with E-state index < -0.39 is 0 Å². The number of hydrogen-bond acceptors (Lipinski definition) is 3. The van der Waals surface area contributed by atoms with E-state index in [2.05, 4.69) is 24.1 Å². The lowest BCUT2D eigenvalue weighted by Gasteiger charge is -2.29. The van der Waals surface area contributed by atoms with Crippen LogP contribution in [0.3, 0.4) is 0 Å². The van der Waals surface area contributed by atoms with Crippen molar-refractivity contribution < 1.29 is 4.74 Å². The quantitative estimate of drug-likeness (QED) is 0.718. The molecular formula is C13H28N2O. The van der Waals surface area contributed by atoms with Gasteiger partial charge in [0.2, 0.25) is 0 Å². The van der Waals surface area contributed by atoms with Crippen LogP contribution in [0.4, 0.5) is 0 Å². The van der Waals surface area contributed by atoms with Crippen LogP contribution in [0.2, 0.25) is 0 Å². The van der Waals surface area contributed by atoms with E-state index >= 15 is 0 Å². The predicted octanol–water partition coefficient (Wildman–Crippen LogP) is 1.73. The molecule has 1 unspecified atom stereocenters. The van der Waals surface area contributed by atoms with Gasteiger partial charge in [-0.3, -0.25) is 4.90 Å². The lowest BCUT2D eigenvalue weighted by atomic mass is 9.96. The fraction of sp³-hybridized carbons (Fsp3) is 1.00. The average molecular weight is 228 g/mol. The molecule has 0 bridgehead atoms. The zero-order valence-corrected chi connectivity index (χ0v) is 11.2. The highest BCUT2D eigenvalue weighted by Crippen LogP contribution is 2.15. The molecule has 1 saturated heterocycles. The van der Waals surface area contributed by atoms with Crippen molar-refractivity contribution in [1.82, 2.24) is 10.2 Å². The zero-order chi connectivity index (χ0) is 11.8. The standard InChI is InChI=1S/C13H28N2O/c1-12(2)15(9-10-16-3)8-6-13-5-4-7-14-11-13/h12-14H,4-11H2,1-3H3. The Kier molecular flexibility index (Phi) is 7.01. The first-order valence-corrected chi connectivity index (χ1v) is 6.67. The number of methoxy groups -OCH3 is 1. The van der Waals surface area contributed by atoms with Crippen molar-refractivity contribution in [3.63, 3.8) is 0 Å². The number of piperidine rings is 1. The summed E-state index contributed by atoms with van der Waals surface area (Å²) in [7, 11) is 1.78. The van der Waals surface area contributed by atoms with Crippen molar-refractivity contribution >= 4 is 0 Å². The zero-order valence-electron chi connectivity index (χ0n) is 11.2. The van der Waals surface area contributed by atoms with Gasteiger partial charge < -0.3 is 10.1 Å². The van der Waals surface area contributed by atoms with Crippen molar-refractivity contribution in [2.24, 2.45) is 5.92 Å². The Balaban J connectivity index is 2.19. The second kappa shape index (κ2) is 8.04. The molecule has 0 aromatic carbocycles. The minimum absolute atomic E-state index is 0.631. The smallest absolute Gasteiger partial charge is 0.0589 e. The van der Waals surface area contributed by atoms with Gasteiger partial charge in [-0.25, -0.2) is 0 Å². The van der Waals surface area contributed by atoms with Crippen LogP contribution in [-0.2, 0) is 4.74 Å². The molecule has 1 heterocycles. The van der Waals surface area contributed by atoms with Gasteiger partial charge in [0.05, 0.1) is 6.61 Å². The van der Waals surface area contributed by atoms with Gasteiger partial charge in [0.1, 0.15) is 0 Å². The normalized spacial score (nSPS) is 21.9. The fourth-order valence-corrected chi connectivity index (χ4v) is 2.36. The summed E-state index contributed by atoms with van der Waals surface area (Å²) in [6.07, 6.45) is 4.09. The number of ether oxygens (including phenoxy) is 1. The Bertz CT molecular complexity index is 167. The summed E-state index contributed by atoms with van der Waals surface area (Å²) in [5.74, 6) is 0.887. The highest BCUT2D eigenvalue weighted by Gasteiger charge is 2.15. The minimum Gasteiger partial charge on any atom is -0.383 e. The van der Waals surface area contributed by atoms with Crippen LogP contribution in [0.5, 0.6) is 0 Å². The molecule has 0 aromatic rings. The molecule has 1 aliphatic heterocycles. The molecule has 1 rings (SSSR count). The van der Waals surface area contributed by atoms with Gasteiger partial charge >= 0.3 is 0 Å². The van der Waals surface area contributed by atoms with Crippen molar-refractivity contribution in [3.05, 3.63) is 0 Å². The monoisotopic (exact) mass is 228 g/mol. The summed E-state index contributed by atoms with van der Waals surface area (Å²) in [5, 5.41) is 3.49. The van der Waals surface area contributed by atoms with Gasteiger partial charge in [0.25, 0.3) is 0 Å². The summed E-state index contributed by atoms with van der Waals surface area (Å²) >= 11 is 0. The Morgan fingerprint density at radius 1 is 1.38 bits per heavy atom. The van der Waals surface area contributed by atoms with Gasteiger partial charge in [0, 0.05) is 19.7 Å². The molecule has 1 fully saturated rings. The first-order chi connectivity index (χ1) is 7.74. The third-order valence-corrected chi connectivity index (χ3v) is 3.54. The third-order valence-electron chi connectivity index (χ3n) is 3.54. The predicted molar refractivity (Wildman–Crippen MR) is 68.8 cm³/mol. The van der Waals surface area contributed by atoms with Crippen LogP contribution in [-0.4, -0.2) is 50.8 Å². The molecule has 0 aliphatic carbocycles. The molecule has 0 saturated carbocycles. The van der Waals surface area contributed by atoms with E-state index in [0.717, 1.165) is 19.1 Å². The molecule has 1 atom stereocenters. The summed E-state index contributed by atoms with van der Waals surface area (Å²) in [6, 6.07) is 0.631. The molecule has 1 N–H and O–H groups in total. The van der Waals surface area contributed by atoms with E-state index in [4.69, 9.17) is 4.74 Å². The maximum absolute atomic E-state index is 5.16. The Hall–Kier alpha value is -0.120. The maximum Gasteiger partial charge on any atom is 0.0589 e. The summed E-state index contributed by atoms with van der Waals surface area (Å²) < 4.78 is 5.16. The van der Waals surface area contributed by atoms with Gasteiger partial charge in [-0.15, -0.1) is 0 Å². The number of hydrogen-bond donors (Lipinski definition) is 1. The molecule has 0 spiro atoms. The second-order valence-electron chi connectivity index (χ2n) is 5.12. The van der Waals surface area contributed by atoms with Crippen LogP contribution < -0.4 is 5.32 Å². The van der Waals surface area contributed by atoms with Crippen LogP contribution >= 0.6 is 0 Å². The van der Waals surface area contributed by atoms with Crippen LogP contribution in [0, 0.1) is 5.92 Å². The van der Waals surface area contributed by atoms with Crippen LogP contribution in [0.25, 0.3) is 0 Å². The van der Waals surface area contributed by atoms with Crippen LogP contribution in [0.1, 0.15) is 33.1 Å². The lowest BCUT2D eigenvalue weighted by molar-refractivity contribution is 0.123. The van der Waals surface area contributed by atoms with Crippen molar-refractivity contribution in [1.29, 1.82) is 0 Å². The Morgan fingerprint density at radius 2 is 2.19 bits per heavy atom. The molecular weight excluding hydrogens is 200 g/mol. The minimum atomic E-state index is 0.631. The SMILES string of the molecule is COCCN(CCC1CCCNC1)C(C)C. The molecule has 96 valence electrons. The van der Waals surface area contributed by atoms with Crippen LogP contribution in [0.15, 0.2) is 0 Å². The second-order valence-corrected chi connectivity index (χ2v) is 5.12. The first kappa shape index (κ1) is 13.9. The van der Waals surface area contributed by atoms with E-state index in [1.165, 1.54) is 38.9 Å². The highest BCUT2D eigenvalue weighted by atomic mass is 16.5. The van der Waals surface area contributed by atoms with E-state index in [9.17, 15) is 0 Å². The largest absolute Gasteiger partial charge is 0.383 e. The van der Waals surface area contributed by atoms with Crippen molar-refractivity contribution in [2.45, 2.75) is 39.2 Å². The molecule has 3 heteroatoms. The van der Waals surface area contributed by atoms with Gasteiger partial charge in [-0.1, -0.05) is 0 Å². The van der Waals surface area contributed by atoms with E-state index in [-0.39, 0.29) is 0 Å². The highest BCUT2D eigenvalue weighted by molar-refractivity contribution is 4.72. The number of nitrogens with zero attached hydrogens (tertiary/aromatic N) is 1. The van der Waals surface area contributed by atoms with E-state index in [0.29, 0.717) is 6.04 Å². The van der Waals surface area contributed by atoms with Gasteiger partial charge in [-0.05, 0) is 58.7 Å². The fourth-order valence-electron chi connectivity index (χ4n) is 2.36. The van der Waals surface area contributed by atoms with Crippen molar-refractivity contribution in [3.8, 4) is 0 Å². The summed E-state index contributed by atoms with van der Waals surface area (Å²) in [5.41, 5.74) is 0. The van der Waals surface area contributed by atoms with E-state index in [1.54, 1.807) is 7.11 Å². The molecule has 0 radical (unpaired) electrons. The summed E-state index contributed by atoms with van der Waals surface area (Å²) in [4.78, 5) is 2.53. The summed E-state index contributed by atoms with van der Waals surface area (Å²) in [6.45, 7) is 10.1. The third kappa shape index (κ3) is 5.28.